The van der Waals surface area contributed by atoms with Gasteiger partial charge in [0, 0.05) is 25.2 Å². The molecule has 1 unspecified atom stereocenters. The topological polar surface area (TPSA) is 98.3 Å². The van der Waals surface area contributed by atoms with Crippen molar-refractivity contribution in [3.63, 3.8) is 0 Å². The second-order valence-corrected chi connectivity index (χ2v) is 7.55. The van der Waals surface area contributed by atoms with Gasteiger partial charge in [-0.05, 0) is 24.7 Å². The van der Waals surface area contributed by atoms with E-state index >= 15 is 0 Å². The van der Waals surface area contributed by atoms with Gasteiger partial charge in [-0.25, -0.2) is 0 Å². The number of likely N-dealkylation sites (tertiary alicyclic amines) is 1. The van der Waals surface area contributed by atoms with Crippen molar-refractivity contribution in [1.82, 2.24) is 15.1 Å². The minimum absolute atomic E-state index is 0.0213. The van der Waals surface area contributed by atoms with Crippen LogP contribution in [-0.4, -0.2) is 50.7 Å². The Morgan fingerprint density at radius 1 is 1.48 bits per heavy atom. The van der Waals surface area contributed by atoms with Crippen LogP contribution in [0.15, 0.2) is 6.07 Å². The summed E-state index contributed by atoms with van der Waals surface area (Å²) in [5.74, 6) is -0.261. The zero-order valence-corrected chi connectivity index (χ0v) is 14.3. The van der Waals surface area contributed by atoms with Crippen LogP contribution in [0.3, 0.4) is 0 Å². The fourth-order valence-electron chi connectivity index (χ4n) is 2.81. The lowest BCUT2D eigenvalue weighted by atomic mass is 9.90. The van der Waals surface area contributed by atoms with Crippen molar-refractivity contribution in [2.75, 3.05) is 18.4 Å². The molecule has 3 N–H and O–H groups in total. The third-order valence-electron chi connectivity index (χ3n) is 3.93. The number of aromatic amines is 1. The smallest absolute Gasteiger partial charge is 0.259 e. The predicted molar refractivity (Wildman–Crippen MR) is 86.8 cm³/mol. The number of piperidine rings is 1. The first kappa shape index (κ1) is 17.5. The number of β-amino-alcohol motifs (C(OH)–C–C–N with tert-alkyl or cyclic N) is 1. The van der Waals surface area contributed by atoms with Gasteiger partial charge in [-0.15, -0.1) is 0 Å². The Bertz CT molecular complexity index is 590. The van der Waals surface area contributed by atoms with Crippen molar-refractivity contribution in [2.24, 2.45) is 5.41 Å². The van der Waals surface area contributed by atoms with E-state index in [1.807, 2.05) is 0 Å². The highest BCUT2D eigenvalue weighted by Gasteiger charge is 2.41. The van der Waals surface area contributed by atoms with Crippen molar-refractivity contribution in [3.05, 3.63) is 11.8 Å². The molecule has 1 aliphatic rings. The maximum Gasteiger partial charge on any atom is 0.259 e. The summed E-state index contributed by atoms with van der Waals surface area (Å²) in [6, 6.07) is 1.78. The molecule has 1 fully saturated rings. The monoisotopic (exact) mass is 322 g/mol. The second kappa shape index (κ2) is 6.31. The van der Waals surface area contributed by atoms with E-state index in [2.05, 4.69) is 36.3 Å². The normalized spacial score (nSPS) is 22.0. The highest BCUT2D eigenvalue weighted by Crippen LogP contribution is 2.24. The molecule has 1 saturated heterocycles. The number of anilines is 1. The molecule has 1 aromatic heterocycles. The van der Waals surface area contributed by atoms with Crippen LogP contribution in [0.2, 0.25) is 0 Å². The highest BCUT2D eigenvalue weighted by molar-refractivity contribution is 5.97. The lowest BCUT2D eigenvalue weighted by molar-refractivity contribution is -0.146. The van der Waals surface area contributed by atoms with Gasteiger partial charge in [-0.3, -0.25) is 14.7 Å². The molecule has 1 aliphatic heterocycles. The minimum atomic E-state index is -1.56. The van der Waals surface area contributed by atoms with Crippen molar-refractivity contribution >= 4 is 17.6 Å². The van der Waals surface area contributed by atoms with Crippen LogP contribution in [0.25, 0.3) is 0 Å². The first-order chi connectivity index (χ1) is 10.6. The average Bonchev–Trinajstić information content (AvgIpc) is 2.83. The summed E-state index contributed by atoms with van der Waals surface area (Å²) in [7, 11) is 0. The average molecular weight is 322 g/mol. The molecular weight excluding hydrogens is 296 g/mol. The van der Waals surface area contributed by atoms with E-state index in [4.69, 9.17) is 0 Å². The number of carbonyl (C=O) groups is 2. The van der Waals surface area contributed by atoms with E-state index in [1.54, 1.807) is 6.07 Å². The number of amides is 2. The standard InChI is InChI=1S/C16H26N4O3/c1-11(21)20-7-5-6-16(23,10-20)14(22)17-13-8-12(18-19-13)9-15(2,3)4/h8,23H,5-7,9-10H2,1-4H3,(H2,17,18,19,22). The van der Waals surface area contributed by atoms with Crippen LogP contribution in [-0.2, 0) is 16.0 Å². The summed E-state index contributed by atoms with van der Waals surface area (Å²) >= 11 is 0. The Hall–Kier alpha value is -1.89. The number of aliphatic hydroxyl groups is 1. The van der Waals surface area contributed by atoms with Crippen molar-refractivity contribution in [2.45, 2.75) is 52.6 Å². The maximum atomic E-state index is 12.4. The van der Waals surface area contributed by atoms with Gasteiger partial charge in [0.15, 0.2) is 11.4 Å². The third-order valence-corrected chi connectivity index (χ3v) is 3.93. The van der Waals surface area contributed by atoms with Gasteiger partial charge < -0.3 is 15.3 Å². The molecule has 2 heterocycles. The molecule has 0 aliphatic carbocycles. The van der Waals surface area contributed by atoms with Crippen LogP contribution in [0, 0.1) is 5.41 Å². The quantitative estimate of drug-likeness (QED) is 0.781. The number of hydrogen-bond donors (Lipinski definition) is 3. The first-order valence-electron chi connectivity index (χ1n) is 7.93. The van der Waals surface area contributed by atoms with Crippen molar-refractivity contribution < 1.29 is 14.7 Å². The molecule has 7 heteroatoms. The molecule has 23 heavy (non-hydrogen) atoms. The van der Waals surface area contributed by atoms with Crippen LogP contribution in [0.1, 0.15) is 46.2 Å². The molecular formula is C16H26N4O3. The van der Waals surface area contributed by atoms with Crippen molar-refractivity contribution in [1.29, 1.82) is 0 Å². The molecule has 1 atom stereocenters. The number of H-pyrrole nitrogens is 1. The van der Waals surface area contributed by atoms with Gasteiger partial charge in [0.1, 0.15) is 0 Å². The summed E-state index contributed by atoms with van der Waals surface area (Å²) in [5, 5.41) is 20.2. The van der Waals surface area contributed by atoms with E-state index in [0.29, 0.717) is 25.2 Å². The molecule has 1 aromatic rings. The van der Waals surface area contributed by atoms with Gasteiger partial charge >= 0.3 is 0 Å². The molecule has 0 bridgehead atoms. The third kappa shape index (κ3) is 4.54. The SMILES string of the molecule is CC(=O)N1CCCC(O)(C(=O)Nc2cc(CC(C)(C)C)[nH]n2)C1. The molecule has 0 saturated carbocycles. The summed E-state index contributed by atoms with van der Waals surface area (Å²) in [4.78, 5) is 25.4. The number of nitrogens with zero attached hydrogens (tertiary/aromatic N) is 2. The van der Waals surface area contributed by atoms with E-state index in [1.165, 1.54) is 11.8 Å². The van der Waals surface area contributed by atoms with Gasteiger partial charge in [-0.2, -0.15) is 5.10 Å². The maximum absolute atomic E-state index is 12.4. The Kier molecular flexibility index (Phi) is 4.79. The van der Waals surface area contributed by atoms with Crippen LogP contribution in [0.4, 0.5) is 5.82 Å². The summed E-state index contributed by atoms with van der Waals surface area (Å²) < 4.78 is 0. The zero-order chi connectivity index (χ0) is 17.3. The zero-order valence-electron chi connectivity index (χ0n) is 14.3. The van der Waals surface area contributed by atoms with Crippen molar-refractivity contribution in [3.8, 4) is 0 Å². The van der Waals surface area contributed by atoms with Gasteiger partial charge in [0.25, 0.3) is 5.91 Å². The molecule has 0 radical (unpaired) electrons. The van der Waals surface area contributed by atoms with Crippen LogP contribution >= 0.6 is 0 Å². The van der Waals surface area contributed by atoms with Gasteiger partial charge in [-0.1, -0.05) is 20.8 Å². The number of hydrogen-bond acceptors (Lipinski definition) is 4. The molecule has 7 nitrogen and oxygen atoms in total. The number of rotatable bonds is 3. The van der Waals surface area contributed by atoms with E-state index in [9.17, 15) is 14.7 Å². The molecule has 0 spiro atoms. The molecule has 0 aromatic carbocycles. The van der Waals surface area contributed by atoms with E-state index in [0.717, 1.165) is 12.1 Å². The Morgan fingerprint density at radius 3 is 2.78 bits per heavy atom. The number of carbonyl (C=O) groups excluding carboxylic acids is 2. The number of aromatic nitrogens is 2. The fourth-order valence-corrected chi connectivity index (χ4v) is 2.81. The number of nitrogens with one attached hydrogen (secondary N) is 2. The molecule has 128 valence electrons. The summed E-state index contributed by atoms with van der Waals surface area (Å²) in [5.41, 5.74) is -0.529. The lowest BCUT2D eigenvalue weighted by Gasteiger charge is -2.37. The summed E-state index contributed by atoms with van der Waals surface area (Å²) in [6.45, 7) is 8.39. The van der Waals surface area contributed by atoms with Crippen LogP contribution in [0.5, 0.6) is 0 Å². The first-order valence-corrected chi connectivity index (χ1v) is 7.93. The summed E-state index contributed by atoms with van der Waals surface area (Å²) in [6.07, 6.45) is 1.74. The van der Waals surface area contributed by atoms with E-state index in [-0.39, 0.29) is 17.9 Å². The van der Waals surface area contributed by atoms with Gasteiger partial charge in [0.05, 0.1) is 6.54 Å². The largest absolute Gasteiger partial charge is 0.378 e. The Balaban J connectivity index is 2.02. The molecule has 2 rings (SSSR count). The Labute approximate surface area is 136 Å². The predicted octanol–water partition coefficient (Wildman–Crippen LogP) is 1.31. The molecule has 2 amide bonds. The van der Waals surface area contributed by atoms with Gasteiger partial charge in [0.2, 0.25) is 5.91 Å². The minimum Gasteiger partial charge on any atom is -0.378 e. The Morgan fingerprint density at radius 2 is 2.17 bits per heavy atom. The second-order valence-electron chi connectivity index (χ2n) is 7.55. The fraction of sp³-hybridized carbons (Fsp3) is 0.688. The van der Waals surface area contributed by atoms with E-state index < -0.39 is 11.5 Å². The highest BCUT2D eigenvalue weighted by atomic mass is 16.3. The van der Waals surface area contributed by atoms with Crippen LogP contribution < -0.4 is 5.32 Å². The lowest BCUT2D eigenvalue weighted by Crippen LogP contribution is -2.56.